The fourth-order valence-corrected chi connectivity index (χ4v) is 2.28. The first-order valence-corrected chi connectivity index (χ1v) is 8.90. The van der Waals surface area contributed by atoms with Gasteiger partial charge in [-0.2, -0.15) is 0 Å². The highest BCUT2D eigenvalue weighted by molar-refractivity contribution is 5.86. The van der Waals surface area contributed by atoms with Crippen LogP contribution in [0, 0.1) is 5.92 Å². The van der Waals surface area contributed by atoms with Crippen LogP contribution in [0.1, 0.15) is 45.4 Å². The van der Waals surface area contributed by atoms with Crippen molar-refractivity contribution in [1.29, 1.82) is 0 Å². The molecule has 0 aliphatic carbocycles. The second kappa shape index (κ2) is 13.7. The SMILES string of the molecule is C=C(N)CCCC[C@@H](C)C(=O)NCC(=O)N[C@H](C=O)CCCNC(=C)N. The van der Waals surface area contributed by atoms with E-state index in [0.717, 1.165) is 25.7 Å². The molecule has 148 valence electrons. The Kier molecular flexibility index (Phi) is 12.4. The molecule has 0 aromatic rings. The Hall–Kier alpha value is -2.51. The Morgan fingerprint density at radius 3 is 2.35 bits per heavy atom. The van der Waals surface area contributed by atoms with Crippen molar-refractivity contribution in [3.8, 4) is 0 Å². The summed E-state index contributed by atoms with van der Waals surface area (Å²) in [6.07, 6.45) is 5.04. The van der Waals surface area contributed by atoms with E-state index in [1.807, 2.05) is 6.92 Å². The van der Waals surface area contributed by atoms with E-state index in [0.29, 0.717) is 37.2 Å². The molecular weight excluding hydrogens is 334 g/mol. The third-order valence-corrected chi connectivity index (χ3v) is 3.81. The van der Waals surface area contributed by atoms with Crippen LogP contribution in [0.2, 0.25) is 0 Å². The zero-order chi connectivity index (χ0) is 19.9. The van der Waals surface area contributed by atoms with Gasteiger partial charge >= 0.3 is 0 Å². The van der Waals surface area contributed by atoms with Crippen molar-refractivity contribution in [2.75, 3.05) is 13.1 Å². The smallest absolute Gasteiger partial charge is 0.239 e. The summed E-state index contributed by atoms with van der Waals surface area (Å²) < 4.78 is 0. The number of hydrogen-bond acceptors (Lipinski definition) is 6. The van der Waals surface area contributed by atoms with Crippen molar-refractivity contribution in [2.24, 2.45) is 17.4 Å². The van der Waals surface area contributed by atoms with Crippen LogP contribution in [-0.2, 0) is 14.4 Å². The van der Waals surface area contributed by atoms with Gasteiger partial charge in [0.2, 0.25) is 11.8 Å². The number of carbonyl (C=O) groups excluding carboxylic acids is 3. The molecule has 0 spiro atoms. The lowest BCUT2D eigenvalue weighted by Crippen LogP contribution is -2.44. The van der Waals surface area contributed by atoms with Crippen LogP contribution in [0.4, 0.5) is 0 Å². The second-order valence-corrected chi connectivity index (χ2v) is 6.43. The maximum Gasteiger partial charge on any atom is 0.239 e. The van der Waals surface area contributed by atoms with Crippen molar-refractivity contribution >= 4 is 18.1 Å². The highest BCUT2D eigenvalue weighted by atomic mass is 16.2. The molecule has 0 aromatic heterocycles. The van der Waals surface area contributed by atoms with Gasteiger partial charge in [0.25, 0.3) is 0 Å². The summed E-state index contributed by atoms with van der Waals surface area (Å²) in [6, 6.07) is -0.589. The van der Waals surface area contributed by atoms with E-state index in [1.54, 1.807) is 0 Å². The number of hydrogen-bond donors (Lipinski definition) is 5. The van der Waals surface area contributed by atoms with E-state index < -0.39 is 11.9 Å². The lowest BCUT2D eigenvalue weighted by Gasteiger charge is -2.15. The molecule has 0 heterocycles. The normalized spacial score (nSPS) is 12.5. The molecular formula is C18H33N5O3. The lowest BCUT2D eigenvalue weighted by atomic mass is 10.0. The van der Waals surface area contributed by atoms with Crippen LogP contribution in [0.25, 0.3) is 0 Å². The van der Waals surface area contributed by atoms with Crippen LogP contribution in [0.15, 0.2) is 24.7 Å². The van der Waals surface area contributed by atoms with Gasteiger partial charge in [0.15, 0.2) is 0 Å². The summed E-state index contributed by atoms with van der Waals surface area (Å²) in [6.45, 7) is 9.38. The van der Waals surface area contributed by atoms with Crippen molar-refractivity contribution in [2.45, 2.75) is 51.5 Å². The van der Waals surface area contributed by atoms with Gasteiger partial charge in [-0.15, -0.1) is 0 Å². The summed E-state index contributed by atoms with van der Waals surface area (Å²) in [5.41, 5.74) is 11.5. The molecule has 8 nitrogen and oxygen atoms in total. The quantitative estimate of drug-likeness (QED) is 0.208. The zero-order valence-corrected chi connectivity index (χ0v) is 15.7. The first kappa shape index (κ1) is 23.5. The van der Waals surface area contributed by atoms with Gasteiger partial charge < -0.3 is 32.2 Å². The van der Waals surface area contributed by atoms with Crippen LogP contribution in [0.5, 0.6) is 0 Å². The molecule has 0 unspecified atom stereocenters. The Morgan fingerprint density at radius 2 is 1.77 bits per heavy atom. The largest absolute Gasteiger partial charge is 0.403 e. The minimum absolute atomic E-state index is 0.148. The summed E-state index contributed by atoms with van der Waals surface area (Å²) in [5, 5.41) is 8.02. The first-order valence-electron chi connectivity index (χ1n) is 8.90. The molecule has 26 heavy (non-hydrogen) atoms. The van der Waals surface area contributed by atoms with E-state index in [9.17, 15) is 14.4 Å². The monoisotopic (exact) mass is 367 g/mol. The Labute approximate surface area is 155 Å². The second-order valence-electron chi connectivity index (χ2n) is 6.43. The van der Waals surface area contributed by atoms with Crippen LogP contribution >= 0.6 is 0 Å². The van der Waals surface area contributed by atoms with Gasteiger partial charge in [-0.3, -0.25) is 9.59 Å². The van der Waals surface area contributed by atoms with Crippen molar-refractivity contribution in [1.82, 2.24) is 16.0 Å². The third kappa shape index (κ3) is 12.9. The highest BCUT2D eigenvalue weighted by Gasteiger charge is 2.15. The minimum atomic E-state index is -0.589. The molecule has 0 fully saturated rings. The summed E-state index contributed by atoms with van der Waals surface area (Å²) in [7, 11) is 0. The number of carbonyl (C=O) groups is 3. The summed E-state index contributed by atoms with van der Waals surface area (Å²) in [5.74, 6) is -0.397. The molecule has 0 radical (unpaired) electrons. The van der Waals surface area contributed by atoms with Crippen molar-refractivity contribution in [3.05, 3.63) is 24.7 Å². The van der Waals surface area contributed by atoms with E-state index in [1.165, 1.54) is 0 Å². The van der Waals surface area contributed by atoms with E-state index in [4.69, 9.17) is 11.5 Å². The fourth-order valence-electron chi connectivity index (χ4n) is 2.28. The van der Waals surface area contributed by atoms with Gasteiger partial charge in [-0.05, 0) is 32.1 Å². The van der Waals surface area contributed by atoms with Crippen LogP contribution < -0.4 is 27.4 Å². The zero-order valence-electron chi connectivity index (χ0n) is 15.7. The number of amides is 2. The van der Waals surface area contributed by atoms with Crippen LogP contribution in [0.3, 0.4) is 0 Å². The molecule has 7 N–H and O–H groups in total. The number of nitrogens with one attached hydrogen (secondary N) is 3. The highest BCUT2D eigenvalue weighted by Crippen LogP contribution is 2.10. The van der Waals surface area contributed by atoms with Gasteiger partial charge in [-0.25, -0.2) is 0 Å². The van der Waals surface area contributed by atoms with Gasteiger partial charge in [-0.1, -0.05) is 26.5 Å². The molecule has 8 heteroatoms. The van der Waals surface area contributed by atoms with E-state index in [2.05, 4.69) is 29.1 Å². The Morgan fingerprint density at radius 1 is 1.08 bits per heavy atom. The molecule has 0 aromatic carbocycles. The number of aldehydes is 1. The molecule has 0 saturated carbocycles. The maximum absolute atomic E-state index is 12.0. The van der Waals surface area contributed by atoms with Crippen LogP contribution in [-0.4, -0.2) is 37.2 Å². The molecule has 0 aliphatic rings. The van der Waals surface area contributed by atoms with Crippen molar-refractivity contribution in [3.63, 3.8) is 0 Å². The summed E-state index contributed by atoms with van der Waals surface area (Å²) >= 11 is 0. The average molecular weight is 367 g/mol. The molecule has 0 aliphatic heterocycles. The minimum Gasteiger partial charge on any atom is -0.403 e. The molecule has 0 rings (SSSR count). The first-order chi connectivity index (χ1) is 12.3. The predicted octanol–water partition coefficient (Wildman–Crippen LogP) is 0.255. The van der Waals surface area contributed by atoms with Gasteiger partial charge in [0.05, 0.1) is 18.4 Å². The van der Waals surface area contributed by atoms with Gasteiger partial charge in [0, 0.05) is 18.2 Å². The summed E-state index contributed by atoms with van der Waals surface area (Å²) in [4.78, 5) is 34.9. The van der Waals surface area contributed by atoms with E-state index in [-0.39, 0.29) is 18.4 Å². The number of nitrogens with two attached hydrogens (primary N) is 2. The topological polar surface area (TPSA) is 139 Å². The van der Waals surface area contributed by atoms with Gasteiger partial charge in [0.1, 0.15) is 6.29 Å². The predicted molar refractivity (Wildman–Crippen MR) is 103 cm³/mol. The fraction of sp³-hybridized carbons (Fsp3) is 0.611. The molecule has 2 atom stereocenters. The molecule has 0 bridgehead atoms. The number of rotatable bonds is 15. The number of allylic oxidation sites excluding steroid dienone is 1. The molecule has 0 saturated heterocycles. The Bertz CT molecular complexity index is 493. The van der Waals surface area contributed by atoms with E-state index >= 15 is 0 Å². The Balaban J connectivity index is 3.98. The third-order valence-electron chi connectivity index (χ3n) is 3.81. The maximum atomic E-state index is 12.0. The molecule has 2 amide bonds. The standard InChI is InChI=1S/C18H33N5O3/c1-13(7-4-5-8-14(2)19)18(26)22-11-17(25)23-16(12-24)9-6-10-21-15(3)20/h12-13,16,21H,2-11,19-20H2,1H3,(H,22,26)(H,23,25)/t13-,16+/m1/s1. The number of unbranched alkanes of at least 4 members (excludes halogenated alkanes) is 1. The lowest BCUT2D eigenvalue weighted by molar-refractivity contribution is -0.129. The van der Waals surface area contributed by atoms with Crippen molar-refractivity contribution < 1.29 is 14.4 Å². The average Bonchev–Trinajstić information content (AvgIpc) is 2.58.